The van der Waals surface area contributed by atoms with Crippen molar-refractivity contribution in [3.63, 3.8) is 0 Å². The molecule has 0 unspecified atom stereocenters. The highest BCUT2D eigenvalue weighted by Gasteiger charge is 2.04. The highest BCUT2D eigenvalue weighted by molar-refractivity contribution is 5.67. The van der Waals surface area contributed by atoms with Crippen LogP contribution < -0.4 is 0 Å². The lowest BCUT2D eigenvalue weighted by molar-refractivity contribution is 0.260. The summed E-state index contributed by atoms with van der Waals surface area (Å²) in [7, 11) is 0. The van der Waals surface area contributed by atoms with Crippen LogP contribution in [0.1, 0.15) is 11.1 Å². The molecule has 0 fully saturated rings. The summed E-state index contributed by atoms with van der Waals surface area (Å²) in [6.07, 6.45) is 0. The van der Waals surface area contributed by atoms with Crippen LogP contribution in [0.5, 0.6) is 0 Å². The molecule has 0 aromatic carbocycles. The lowest BCUT2D eigenvalue weighted by Gasteiger charge is -1.98. The van der Waals surface area contributed by atoms with E-state index in [0.29, 0.717) is 0 Å². The molecule has 0 aromatic rings. The largest absolute Gasteiger partial charge is 0.392 e. The van der Waals surface area contributed by atoms with Gasteiger partial charge in [-0.3, -0.25) is 0 Å². The first kappa shape index (κ1) is 9.19. The van der Waals surface area contributed by atoms with Crippen LogP contribution in [0, 0.1) is 0 Å². The summed E-state index contributed by atoms with van der Waals surface area (Å²) in [6.45, 7) is -0.0714. The second kappa shape index (κ2) is 3.78. The van der Waals surface area contributed by atoms with Crippen LogP contribution in [-0.2, 0) is 13.2 Å². The van der Waals surface area contributed by atoms with Crippen LogP contribution in [0.25, 0.3) is 11.1 Å². The second-order valence-electron chi connectivity index (χ2n) is 3.28. The zero-order chi connectivity index (χ0) is 9.97. The molecule has 0 saturated heterocycles. The van der Waals surface area contributed by atoms with Crippen LogP contribution in [0.4, 0.5) is 0 Å². The fraction of sp³-hybridized carbons (Fsp3) is 0.167. The van der Waals surface area contributed by atoms with Crippen LogP contribution in [0.3, 0.4) is 0 Å². The first-order chi connectivity index (χ1) is 6.85. The Morgan fingerprint density at radius 1 is 0.786 bits per heavy atom. The first-order valence-corrected chi connectivity index (χ1v) is 4.57. The van der Waals surface area contributed by atoms with E-state index in [1.165, 1.54) is 0 Å². The SMILES string of the molecule is OCc1ccc2cccc-2cc1CO. The van der Waals surface area contributed by atoms with E-state index in [1.807, 2.05) is 36.4 Å². The zero-order valence-corrected chi connectivity index (χ0v) is 7.77. The van der Waals surface area contributed by atoms with Gasteiger partial charge in [0.15, 0.2) is 0 Å². The topological polar surface area (TPSA) is 40.5 Å². The first-order valence-electron chi connectivity index (χ1n) is 4.57. The number of fused-ring (bicyclic) bond motifs is 1. The van der Waals surface area contributed by atoms with Crippen molar-refractivity contribution in [1.29, 1.82) is 0 Å². The van der Waals surface area contributed by atoms with Gasteiger partial charge in [0.25, 0.3) is 0 Å². The molecule has 2 rings (SSSR count). The van der Waals surface area contributed by atoms with E-state index < -0.39 is 0 Å². The number of hydrogen-bond acceptors (Lipinski definition) is 2. The van der Waals surface area contributed by atoms with E-state index in [4.69, 9.17) is 10.2 Å². The average molecular weight is 188 g/mol. The van der Waals surface area contributed by atoms with Gasteiger partial charge in [0.1, 0.15) is 0 Å². The quantitative estimate of drug-likeness (QED) is 0.754. The summed E-state index contributed by atoms with van der Waals surface area (Å²) in [5.41, 5.74) is 3.78. The van der Waals surface area contributed by atoms with Crippen molar-refractivity contribution in [2.45, 2.75) is 13.2 Å². The van der Waals surface area contributed by atoms with E-state index in [2.05, 4.69) is 0 Å². The van der Waals surface area contributed by atoms with Gasteiger partial charge in [0, 0.05) is 0 Å². The minimum atomic E-state index is -0.0369. The average Bonchev–Trinajstić information content (AvgIpc) is 2.58. The van der Waals surface area contributed by atoms with Crippen LogP contribution in [0.15, 0.2) is 36.4 Å². The minimum absolute atomic E-state index is 0.0346. The van der Waals surface area contributed by atoms with E-state index in [9.17, 15) is 0 Å². The Morgan fingerprint density at radius 3 is 2.21 bits per heavy atom. The van der Waals surface area contributed by atoms with Gasteiger partial charge in [-0.1, -0.05) is 30.3 Å². The molecule has 0 bridgehead atoms. The third kappa shape index (κ3) is 1.50. The lowest BCUT2D eigenvalue weighted by atomic mass is 10.1. The van der Waals surface area contributed by atoms with Crippen molar-refractivity contribution in [3.05, 3.63) is 47.5 Å². The van der Waals surface area contributed by atoms with Gasteiger partial charge in [0.05, 0.1) is 13.2 Å². The second-order valence-corrected chi connectivity index (χ2v) is 3.28. The fourth-order valence-electron chi connectivity index (χ4n) is 1.61. The number of aliphatic hydroxyl groups is 2. The molecule has 0 aromatic heterocycles. The van der Waals surface area contributed by atoms with Crippen LogP contribution in [0.2, 0.25) is 0 Å². The van der Waals surface area contributed by atoms with Gasteiger partial charge in [0.2, 0.25) is 0 Å². The maximum absolute atomic E-state index is 9.15. The Kier molecular flexibility index (Phi) is 2.48. The Hall–Kier alpha value is -1.38. The molecule has 0 atom stereocenters. The van der Waals surface area contributed by atoms with E-state index >= 15 is 0 Å². The third-order valence-corrected chi connectivity index (χ3v) is 2.43. The molecule has 14 heavy (non-hydrogen) atoms. The number of rotatable bonds is 2. The predicted molar refractivity (Wildman–Crippen MR) is 54.9 cm³/mol. The Labute approximate surface area is 82.8 Å². The van der Waals surface area contributed by atoms with Crippen molar-refractivity contribution >= 4 is 0 Å². The molecule has 2 heteroatoms. The third-order valence-electron chi connectivity index (χ3n) is 2.43. The predicted octanol–water partition coefficient (Wildman–Crippen LogP) is 1.78. The lowest BCUT2D eigenvalue weighted by Crippen LogP contribution is -1.89. The summed E-state index contributed by atoms with van der Waals surface area (Å²) in [5.74, 6) is 0. The molecule has 0 heterocycles. The minimum Gasteiger partial charge on any atom is -0.392 e. The van der Waals surface area contributed by atoms with Crippen LogP contribution in [-0.4, -0.2) is 10.2 Å². The van der Waals surface area contributed by atoms with E-state index in [0.717, 1.165) is 22.3 Å². The highest BCUT2D eigenvalue weighted by Crippen LogP contribution is 2.24. The van der Waals surface area contributed by atoms with Crippen molar-refractivity contribution in [2.24, 2.45) is 0 Å². The van der Waals surface area contributed by atoms with Gasteiger partial charge in [-0.2, -0.15) is 0 Å². The molecule has 2 nitrogen and oxygen atoms in total. The van der Waals surface area contributed by atoms with Crippen LogP contribution >= 0.6 is 0 Å². The van der Waals surface area contributed by atoms with Crippen molar-refractivity contribution < 1.29 is 10.2 Å². The van der Waals surface area contributed by atoms with Crippen molar-refractivity contribution in [2.75, 3.05) is 0 Å². The van der Waals surface area contributed by atoms with Crippen molar-refractivity contribution in [1.82, 2.24) is 0 Å². The molecule has 2 N–H and O–H groups in total. The molecule has 0 amide bonds. The van der Waals surface area contributed by atoms with E-state index in [-0.39, 0.29) is 13.2 Å². The summed E-state index contributed by atoms with van der Waals surface area (Å²) >= 11 is 0. The Bertz CT molecular complexity index is 409. The monoisotopic (exact) mass is 188 g/mol. The van der Waals surface area contributed by atoms with Gasteiger partial charge >= 0.3 is 0 Å². The standard InChI is InChI=1S/C12H12O2/c13-7-11-5-4-9-2-1-3-10(9)6-12(11)8-14/h1-6,13-14H,7-8H2. The molecular formula is C12H12O2. The van der Waals surface area contributed by atoms with Gasteiger partial charge in [-0.15, -0.1) is 0 Å². The number of hydrogen-bond donors (Lipinski definition) is 2. The fourth-order valence-corrected chi connectivity index (χ4v) is 1.61. The molecule has 2 aliphatic carbocycles. The molecular weight excluding hydrogens is 176 g/mol. The summed E-state index contributed by atoms with van der Waals surface area (Å²) in [5, 5.41) is 18.2. The Balaban J connectivity index is 2.64. The summed E-state index contributed by atoms with van der Waals surface area (Å²) < 4.78 is 0. The van der Waals surface area contributed by atoms with Gasteiger partial charge in [-0.25, -0.2) is 0 Å². The molecule has 0 aliphatic heterocycles. The Morgan fingerprint density at radius 2 is 1.50 bits per heavy atom. The summed E-state index contributed by atoms with van der Waals surface area (Å²) in [4.78, 5) is 0. The number of aliphatic hydroxyl groups excluding tert-OH is 2. The molecule has 0 spiro atoms. The van der Waals surface area contributed by atoms with Crippen molar-refractivity contribution in [3.8, 4) is 11.1 Å². The molecule has 2 aliphatic rings. The summed E-state index contributed by atoms with van der Waals surface area (Å²) in [6, 6.07) is 11.7. The molecule has 72 valence electrons. The maximum atomic E-state index is 9.15. The normalized spacial score (nSPS) is 10.7. The maximum Gasteiger partial charge on any atom is 0.0685 e. The van der Waals surface area contributed by atoms with Gasteiger partial charge in [-0.05, 0) is 28.3 Å². The molecule has 0 radical (unpaired) electrons. The zero-order valence-electron chi connectivity index (χ0n) is 7.77. The smallest absolute Gasteiger partial charge is 0.0685 e. The highest BCUT2D eigenvalue weighted by atomic mass is 16.3. The van der Waals surface area contributed by atoms with E-state index in [1.54, 1.807) is 0 Å². The molecule has 0 saturated carbocycles. The van der Waals surface area contributed by atoms with Gasteiger partial charge < -0.3 is 10.2 Å².